The zero-order valence-corrected chi connectivity index (χ0v) is 12.4. The van der Waals surface area contributed by atoms with Crippen LogP contribution in [-0.4, -0.2) is 18.2 Å². The van der Waals surface area contributed by atoms with E-state index in [1.165, 1.54) is 56.4 Å². The molecule has 0 radical (unpaired) electrons. The molecule has 0 saturated carbocycles. The standard InChI is InChI=1S/C17H27NO/c1-3-5-15-6-4-10-18(11-9-15)17-8-7-16(13-19)14(2)12-17/h7-8,12,15,19H,3-6,9-11,13H2,1-2H3. The molecule has 1 aliphatic rings. The third-order valence-corrected chi connectivity index (χ3v) is 4.41. The van der Waals surface area contributed by atoms with Gasteiger partial charge in [0, 0.05) is 18.8 Å². The SMILES string of the molecule is CCCC1CCCN(c2ccc(CO)c(C)c2)CC1. The van der Waals surface area contributed by atoms with Crippen molar-refractivity contribution in [2.75, 3.05) is 18.0 Å². The van der Waals surface area contributed by atoms with Crippen LogP contribution in [0.5, 0.6) is 0 Å². The second-order valence-corrected chi connectivity index (χ2v) is 5.84. The number of aryl methyl sites for hydroxylation is 1. The van der Waals surface area contributed by atoms with Crippen molar-refractivity contribution >= 4 is 5.69 Å². The monoisotopic (exact) mass is 261 g/mol. The molecule has 0 amide bonds. The number of aliphatic hydroxyl groups is 1. The average molecular weight is 261 g/mol. The number of rotatable bonds is 4. The van der Waals surface area contributed by atoms with E-state index in [-0.39, 0.29) is 6.61 Å². The Morgan fingerprint density at radius 2 is 2.11 bits per heavy atom. The van der Waals surface area contributed by atoms with E-state index in [0.29, 0.717) is 0 Å². The van der Waals surface area contributed by atoms with Gasteiger partial charge in [0.2, 0.25) is 0 Å². The maximum Gasteiger partial charge on any atom is 0.0684 e. The van der Waals surface area contributed by atoms with Crippen LogP contribution in [0.15, 0.2) is 18.2 Å². The van der Waals surface area contributed by atoms with Crippen LogP contribution in [0.25, 0.3) is 0 Å². The first kappa shape index (κ1) is 14.4. The molecular weight excluding hydrogens is 234 g/mol. The molecular formula is C17H27NO. The van der Waals surface area contributed by atoms with Crippen molar-refractivity contribution in [3.8, 4) is 0 Å². The van der Waals surface area contributed by atoms with E-state index in [4.69, 9.17) is 0 Å². The average Bonchev–Trinajstić information content (AvgIpc) is 2.65. The van der Waals surface area contributed by atoms with Gasteiger partial charge in [0.05, 0.1) is 6.61 Å². The topological polar surface area (TPSA) is 23.5 Å². The molecule has 1 fully saturated rings. The summed E-state index contributed by atoms with van der Waals surface area (Å²) in [6, 6.07) is 6.46. The molecule has 0 bridgehead atoms. The van der Waals surface area contributed by atoms with Gasteiger partial charge < -0.3 is 10.0 Å². The van der Waals surface area contributed by atoms with E-state index < -0.39 is 0 Å². The molecule has 1 atom stereocenters. The van der Waals surface area contributed by atoms with Gasteiger partial charge in [0.25, 0.3) is 0 Å². The van der Waals surface area contributed by atoms with Gasteiger partial charge in [0.1, 0.15) is 0 Å². The molecule has 2 rings (SSSR count). The van der Waals surface area contributed by atoms with Crippen LogP contribution in [-0.2, 0) is 6.61 Å². The fourth-order valence-corrected chi connectivity index (χ4v) is 3.17. The number of nitrogens with zero attached hydrogens (tertiary/aromatic N) is 1. The van der Waals surface area contributed by atoms with Crippen molar-refractivity contribution in [3.05, 3.63) is 29.3 Å². The lowest BCUT2D eigenvalue weighted by molar-refractivity contribution is 0.281. The predicted molar refractivity (Wildman–Crippen MR) is 81.6 cm³/mol. The lowest BCUT2D eigenvalue weighted by Crippen LogP contribution is -2.24. The Morgan fingerprint density at radius 1 is 1.26 bits per heavy atom. The highest BCUT2D eigenvalue weighted by atomic mass is 16.3. The summed E-state index contributed by atoms with van der Waals surface area (Å²) in [7, 11) is 0. The minimum Gasteiger partial charge on any atom is -0.392 e. The molecule has 0 aromatic heterocycles. The number of benzene rings is 1. The van der Waals surface area contributed by atoms with E-state index in [2.05, 4.69) is 36.9 Å². The molecule has 1 saturated heterocycles. The molecule has 0 aliphatic carbocycles. The van der Waals surface area contributed by atoms with E-state index in [1.807, 2.05) is 0 Å². The van der Waals surface area contributed by atoms with Crippen LogP contribution in [0.4, 0.5) is 5.69 Å². The molecule has 1 aliphatic heterocycles. The summed E-state index contributed by atoms with van der Waals surface area (Å²) in [5.74, 6) is 0.924. The van der Waals surface area contributed by atoms with E-state index in [0.717, 1.165) is 11.5 Å². The first-order valence-corrected chi connectivity index (χ1v) is 7.70. The molecule has 2 heteroatoms. The Labute approximate surface area is 117 Å². The molecule has 1 aromatic carbocycles. The number of hydrogen-bond donors (Lipinski definition) is 1. The van der Waals surface area contributed by atoms with E-state index >= 15 is 0 Å². The second kappa shape index (κ2) is 6.95. The number of anilines is 1. The van der Waals surface area contributed by atoms with Crippen molar-refractivity contribution < 1.29 is 5.11 Å². The zero-order chi connectivity index (χ0) is 13.7. The van der Waals surface area contributed by atoms with Crippen LogP contribution < -0.4 is 4.90 Å². The summed E-state index contributed by atoms with van der Waals surface area (Å²) in [5.41, 5.74) is 3.57. The quantitative estimate of drug-likeness (QED) is 0.888. The van der Waals surface area contributed by atoms with Crippen molar-refractivity contribution in [2.24, 2.45) is 5.92 Å². The highest BCUT2D eigenvalue weighted by Crippen LogP contribution is 2.26. The lowest BCUT2D eigenvalue weighted by atomic mass is 9.96. The van der Waals surface area contributed by atoms with Crippen LogP contribution in [0.2, 0.25) is 0 Å². The van der Waals surface area contributed by atoms with Crippen LogP contribution in [0.3, 0.4) is 0 Å². The van der Waals surface area contributed by atoms with Crippen molar-refractivity contribution in [3.63, 3.8) is 0 Å². The summed E-state index contributed by atoms with van der Waals surface area (Å²) >= 11 is 0. The molecule has 0 spiro atoms. The Kier molecular flexibility index (Phi) is 5.26. The summed E-state index contributed by atoms with van der Waals surface area (Å²) in [6.45, 7) is 6.89. The van der Waals surface area contributed by atoms with Crippen molar-refractivity contribution in [1.29, 1.82) is 0 Å². The Morgan fingerprint density at radius 3 is 2.79 bits per heavy atom. The molecule has 1 unspecified atom stereocenters. The van der Waals surface area contributed by atoms with Crippen LogP contribution in [0.1, 0.15) is 50.2 Å². The smallest absolute Gasteiger partial charge is 0.0684 e. The lowest BCUT2D eigenvalue weighted by Gasteiger charge is -2.24. The fraction of sp³-hybridized carbons (Fsp3) is 0.647. The highest BCUT2D eigenvalue weighted by Gasteiger charge is 2.16. The Balaban J connectivity index is 2.03. The summed E-state index contributed by atoms with van der Waals surface area (Å²) < 4.78 is 0. The maximum absolute atomic E-state index is 9.24. The van der Waals surface area contributed by atoms with Crippen molar-refractivity contribution in [2.45, 2.75) is 52.6 Å². The van der Waals surface area contributed by atoms with Gasteiger partial charge in [-0.1, -0.05) is 25.8 Å². The fourth-order valence-electron chi connectivity index (χ4n) is 3.17. The van der Waals surface area contributed by atoms with E-state index in [1.54, 1.807) is 0 Å². The first-order valence-electron chi connectivity index (χ1n) is 7.70. The van der Waals surface area contributed by atoms with Gasteiger partial charge in [0.15, 0.2) is 0 Å². The predicted octanol–water partition coefficient (Wildman–Crippen LogP) is 3.89. The van der Waals surface area contributed by atoms with Crippen LogP contribution >= 0.6 is 0 Å². The zero-order valence-electron chi connectivity index (χ0n) is 12.4. The molecule has 1 N–H and O–H groups in total. The second-order valence-electron chi connectivity index (χ2n) is 5.84. The highest BCUT2D eigenvalue weighted by molar-refractivity contribution is 5.50. The minimum absolute atomic E-state index is 0.144. The molecule has 19 heavy (non-hydrogen) atoms. The van der Waals surface area contributed by atoms with Gasteiger partial charge in [-0.05, 0) is 55.4 Å². The number of hydrogen-bond acceptors (Lipinski definition) is 2. The molecule has 1 aromatic rings. The Bertz CT molecular complexity index is 402. The Hall–Kier alpha value is -1.02. The van der Waals surface area contributed by atoms with Gasteiger partial charge in [-0.15, -0.1) is 0 Å². The third kappa shape index (κ3) is 3.73. The van der Waals surface area contributed by atoms with Gasteiger partial charge in [-0.2, -0.15) is 0 Å². The molecule has 1 heterocycles. The molecule has 2 nitrogen and oxygen atoms in total. The first-order chi connectivity index (χ1) is 9.24. The normalized spacial score (nSPS) is 20.4. The van der Waals surface area contributed by atoms with Gasteiger partial charge in [-0.3, -0.25) is 0 Å². The summed E-state index contributed by atoms with van der Waals surface area (Å²) in [5, 5.41) is 9.24. The van der Waals surface area contributed by atoms with Crippen molar-refractivity contribution in [1.82, 2.24) is 0 Å². The molecule has 106 valence electrons. The number of aliphatic hydroxyl groups excluding tert-OH is 1. The third-order valence-electron chi connectivity index (χ3n) is 4.41. The minimum atomic E-state index is 0.144. The summed E-state index contributed by atoms with van der Waals surface area (Å²) in [4.78, 5) is 2.52. The van der Waals surface area contributed by atoms with Gasteiger partial charge >= 0.3 is 0 Å². The van der Waals surface area contributed by atoms with Gasteiger partial charge in [-0.25, -0.2) is 0 Å². The van der Waals surface area contributed by atoms with Crippen LogP contribution in [0, 0.1) is 12.8 Å². The summed E-state index contributed by atoms with van der Waals surface area (Å²) in [6.07, 6.45) is 6.73. The van der Waals surface area contributed by atoms with E-state index in [9.17, 15) is 5.11 Å². The maximum atomic E-state index is 9.24. The largest absolute Gasteiger partial charge is 0.392 e.